The van der Waals surface area contributed by atoms with Crippen molar-refractivity contribution in [3.63, 3.8) is 0 Å². The Labute approximate surface area is 148 Å². The van der Waals surface area contributed by atoms with Crippen molar-refractivity contribution in [3.8, 4) is 0 Å². The summed E-state index contributed by atoms with van der Waals surface area (Å²) in [5.41, 5.74) is 0.408. The second kappa shape index (κ2) is 7.05. The van der Waals surface area contributed by atoms with E-state index in [1.807, 2.05) is 4.90 Å². The van der Waals surface area contributed by atoms with E-state index in [0.29, 0.717) is 31.3 Å². The lowest BCUT2D eigenvalue weighted by Crippen LogP contribution is -2.67. The summed E-state index contributed by atoms with van der Waals surface area (Å²) in [6.07, 6.45) is 5.92. The highest BCUT2D eigenvalue weighted by Crippen LogP contribution is 2.36. The Kier molecular flexibility index (Phi) is 4.80. The van der Waals surface area contributed by atoms with Gasteiger partial charge < -0.3 is 19.1 Å². The molecule has 0 aliphatic carbocycles. The second-order valence-electron chi connectivity index (χ2n) is 7.54. The third-order valence-electron chi connectivity index (χ3n) is 5.64. The number of hydrogen-bond acceptors (Lipinski definition) is 5. The van der Waals surface area contributed by atoms with Gasteiger partial charge in [0.15, 0.2) is 0 Å². The highest BCUT2D eigenvalue weighted by molar-refractivity contribution is 5.93. The van der Waals surface area contributed by atoms with Crippen molar-refractivity contribution in [2.24, 2.45) is 13.0 Å². The van der Waals surface area contributed by atoms with E-state index < -0.39 is 0 Å². The number of ether oxygens (including phenoxy) is 3. The Morgan fingerprint density at radius 3 is 2.84 bits per heavy atom. The zero-order chi connectivity index (χ0) is 17.3. The molecule has 3 fully saturated rings. The van der Waals surface area contributed by atoms with Gasteiger partial charge in [0, 0.05) is 46.1 Å². The number of carbonyl (C=O) groups excluding carboxylic acids is 1. The lowest BCUT2D eigenvalue weighted by atomic mass is 9.84. The molecule has 1 aromatic heterocycles. The summed E-state index contributed by atoms with van der Waals surface area (Å²) < 4.78 is 19.2. The summed E-state index contributed by atoms with van der Waals surface area (Å²) in [6.45, 7) is 4.55. The predicted octanol–water partition coefficient (Wildman–Crippen LogP) is 1.24. The maximum atomic E-state index is 12.5. The van der Waals surface area contributed by atoms with Crippen molar-refractivity contribution in [1.82, 2.24) is 14.7 Å². The molecule has 1 aromatic rings. The van der Waals surface area contributed by atoms with Crippen molar-refractivity contribution in [1.29, 1.82) is 0 Å². The molecular formula is C18H27N3O4. The summed E-state index contributed by atoms with van der Waals surface area (Å²) in [4.78, 5) is 14.4. The molecule has 0 N–H and O–H groups in total. The van der Waals surface area contributed by atoms with E-state index in [1.54, 1.807) is 24.0 Å². The third kappa shape index (κ3) is 3.59. The molecular weight excluding hydrogens is 322 g/mol. The summed E-state index contributed by atoms with van der Waals surface area (Å²) in [5.74, 6) is 0.649. The van der Waals surface area contributed by atoms with E-state index >= 15 is 0 Å². The Morgan fingerprint density at radius 2 is 2.12 bits per heavy atom. The van der Waals surface area contributed by atoms with Gasteiger partial charge >= 0.3 is 0 Å². The molecule has 25 heavy (non-hydrogen) atoms. The zero-order valence-corrected chi connectivity index (χ0v) is 14.9. The van der Waals surface area contributed by atoms with Gasteiger partial charge in [-0.1, -0.05) is 0 Å². The molecule has 3 aliphatic rings. The van der Waals surface area contributed by atoms with E-state index in [2.05, 4.69) is 5.10 Å². The lowest BCUT2D eigenvalue weighted by Gasteiger charge is -2.53. The molecule has 0 bridgehead atoms. The number of nitrogens with zero attached hydrogens (tertiary/aromatic N) is 3. The van der Waals surface area contributed by atoms with Crippen LogP contribution < -0.4 is 0 Å². The molecule has 138 valence electrons. The van der Waals surface area contributed by atoms with Gasteiger partial charge in [-0.15, -0.1) is 0 Å². The van der Waals surface area contributed by atoms with Crippen LogP contribution >= 0.6 is 0 Å². The first-order chi connectivity index (χ1) is 12.2. The summed E-state index contributed by atoms with van der Waals surface area (Å²) in [5, 5.41) is 4.07. The van der Waals surface area contributed by atoms with E-state index in [-0.39, 0.29) is 17.6 Å². The van der Waals surface area contributed by atoms with Crippen LogP contribution in [0.3, 0.4) is 0 Å². The highest BCUT2D eigenvalue weighted by atomic mass is 16.5. The zero-order valence-electron chi connectivity index (χ0n) is 14.9. The first-order valence-electron chi connectivity index (χ1n) is 9.26. The number of rotatable bonds is 4. The largest absolute Gasteiger partial charge is 0.381 e. The van der Waals surface area contributed by atoms with Gasteiger partial charge in [-0.3, -0.25) is 9.48 Å². The topological polar surface area (TPSA) is 65.8 Å². The maximum absolute atomic E-state index is 12.5. The molecule has 7 heteroatoms. The minimum atomic E-state index is -0.215. The van der Waals surface area contributed by atoms with Crippen LogP contribution in [0.25, 0.3) is 0 Å². The van der Waals surface area contributed by atoms with Crippen LogP contribution in [-0.2, 0) is 21.3 Å². The smallest absolute Gasteiger partial charge is 0.272 e. The number of aromatic nitrogens is 2. The Bertz CT molecular complexity index is 605. The molecule has 0 aromatic carbocycles. The number of carbonyl (C=O) groups is 1. The molecule has 0 saturated carbocycles. The molecule has 3 aliphatic heterocycles. The van der Waals surface area contributed by atoms with Gasteiger partial charge in [0.25, 0.3) is 5.91 Å². The van der Waals surface area contributed by atoms with Gasteiger partial charge in [0.2, 0.25) is 0 Å². The normalized spacial score (nSPS) is 26.6. The van der Waals surface area contributed by atoms with Crippen LogP contribution in [-0.4, -0.2) is 71.8 Å². The van der Waals surface area contributed by atoms with Gasteiger partial charge in [0.05, 0.1) is 19.2 Å². The quantitative estimate of drug-likeness (QED) is 0.818. The molecule has 1 spiro atoms. The number of aryl methyl sites for hydroxylation is 1. The number of hydrogen-bond donors (Lipinski definition) is 0. The first kappa shape index (κ1) is 17.0. The van der Waals surface area contributed by atoms with E-state index in [9.17, 15) is 4.79 Å². The summed E-state index contributed by atoms with van der Waals surface area (Å²) >= 11 is 0. The van der Waals surface area contributed by atoms with Gasteiger partial charge in [-0.25, -0.2) is 0 Å². The monoisotopic (exact) mass is 349 g/mol. The second-order valence-corrected chi connectivity index (χ2v) is 7.54. The van der Waals surface area contributed by atoms with Crippen LogP contribution in [0.5, 0.6) is 0 Å². The molecule has 0 radical (unpaired) electrons. The van der Waals surface area contributed by atoms with E-state index in [4.69, 9.17) is 14.2 Å². The molecule has 1 atom stereocenters. The van der Waals surface area contributed by atoms with Crippen LogP contribution in [0.2, 0.25) is 0 Å². The average molecular weight is 349 g/mol. The molecule has 4 heterocycles. The van der Waals surface area contributed by atoms with Crippen LogP contribution in [0.4, 0.5) is 0 Å². The average Bonchev–Trinajstić information content (AvgIpc) is 3.04. The van der Waals surface area contributed by atoms with Gasteiger partial charge in [0.1, 0.15) is 11.3 Å². The number of likely N-dealkylation sites (tertiary alicyclic amines) is 1. The van der Waals surface area contributed by atoms with Crippen molar-refractivity contribution >= 4 is 5.91 Å². The fraction of sp³-hybridized carbons (Fsp3) is 0.778. The Morgan fingerprint density at radius 1 is 1.32 bits per heavy atom. The number of amides is 1. The van der Waals surface area contributed by atoms with Gasteiger partial charge in [-0.2, -0.15) is 5.10 Å². The van der Waals surface area contributed by atoms with E-state index in [1.165, 1.54) is 0 Å². The minimum Gasteiger partial charge on any atom is -0.381 e. The molecule has 7 nitrogen and oxygen atoms in total. The standard InChI is InChI=1S/C18H27N3O4/c1-20-16(2-6-19-20)17(22)21-12-18(13-21)10-15(5-9-25-18)24-11-14-3-7-23-8-4-14/h2,6,14-15H,3-5,7-13H2,1H3. The summed E-state index contributed by atoms with van der Waals surface area (Å²) in [6, 6.07) is 1.76. The third-order valence-corrected chi connectivity index (χ3v) is 5.64. The van der Waals surface area contributed by atoms with Crippen molar-refractivity contribution in [2.75, 3.05) is 39.5 Å². The molecule has 1 unspecified atom stereocenters. The first-order valence-corrected chi connectivity index (χ1v) is 9.26. The van der Waals surface area contributed by atoms with Crippen LogP contribution in [0.1, 0.15) is 36.2 Å². The van der Waals surface area contributed by atoms with Crippen LogP contribution in [0, 0.1) is 5.92 Å². The summed E-state index contributed by atoms with van der Waals surface area (Å²) in [7, 11) is 1.79. The van der Waals surface area contributed by atoms with Crippen molar-refractivity contribution in [2.45, 2.75) is 37.4 Å². The van der Waals surface area contributed by atoms with Gasteiger partial charge in [-0.05, 0) is 31.2 Å². The lowest BCUT2D eigenvalue weighted by molar-refractivity contribution is -0.188. The predicted molar refractivity (Wildman–Crippen MR) is 90.3 cm³/mol. The minimum absolute atomic E-state index is 0.0273. The van der Waals surface area contributed by atoms with E-state index in [0.717, 1.165) is 45.5 Å². The molecule has 1 amide bonds. The van der Waals surface area contributed by atoms with Crippen molar-refractivity contribution in [3.05, 3.63) is 18.0 Å². The van der Waals surface area contributed by atoms with Crippen LogP contribution in [0.15, 0.2) is 12.3 Å². The SMILES string of the molecule is Cn1nccc1C(=O)N1CC2(CC(OCC3CCOCC3)CCO2)C1. The van der Waals surface area contributed by atoms with Crippen molar-refractivity contribution < 1.29 is 19.0 Å². The molecule has 4 rings (SSSR count). The fourth-order valence-electron chi connectivity index (χ4n) is 4.07. The Hall–Kier alpha value is -1.44. The fourth-order valence-corrected chi connectivity index (χ4v) is 4.07. The Balaban J connectivity index is 1.27. The maximum Gasteiger partial charge on any atom is 0.272 e. The highest BCUT2D eigenvalue weighted by Gasteiger charge is 2.50. The molecule has 3 saturated heterocycles.